The number of carbonyl (C=O) groups is 2. The molecule has 0 aliphatic carbocycles. The quantitative estimate of drug-likeness (QED) is 0.667. The first-order valence-corrected chi connectivity index (χ1v) is 5.17. The van der Waals surface area contributed by atoms with Crippen molar-refractivity contribution >= 4 is 11.8 Å². The number of amides is 2. The number of nitrogens with two attached hydrogens (primary N) is 1. The summed E-state index contributed by atoms with van der Waals surface area (Å²) in [5, 5.41) is 0. The van der Waals surface area contributed by atoms with Crippen LogP contribution in [0.15, 0.2) is 0 Å². The molecule has 1 saturated heterocycles. The molecule has 0 aromatic rings. The van der Waals surface area contributed by atoms with E-state index in [4.69, 9.17) is 5.73 Å². The Bertz CT molecular complexity index is 276. The first-order chi connectivity index (χ1) is 6.91. The van der Waals surface area contributed by atoms with Crippen molar-refractivity contribution in [1.29, 1.82) is 0 Å². The van der Waals surface area contributed by atoms with E-state index in [0.29, 0.717) is 26.1 Å². The summed E-state index contributed by atoms with van der Waals surface area (Å²) < 4.78 is 0. The van der Waals surface area contributed by atoms with Crippen LogP contribution < -0.4 is 5.73 Å². The van der Waals surface area contributed by atoms with Crippen LogP contribution >= 0.6 is 0 Å². The van der Waals surface area contributed by atoms with Crippen molar-refractivity contribution in [2.45, 2.75) is 25.8 Å². The lowest BCUT2D eigenvalue weighted by molar-refractivity contribution is -0.157. The summed E-state index contributed by atoms with van der Waals surface area (Å²) in [6.07, 6.45) is 0.306. The van der Waals surface area contributed by atoms with Gasteiger partial charge in [0.05, 0.1) is 0 Å². The van der Waals surface area contributed by atoms with Gasteiger partial charge in [-0.1, -0.05) is 0 Å². The second kappa shape index (κ2) is 4.18. The highest BCUT2D eigenvalue weighted by Gasteiger charge is 2.42. The fraction of sp³-hybridized carbons (Fsp3) is 0.800. The van der Waals surface area contributed by atoms with Gasteiger partial charge in [0, 0.05) is 33.1 Å². The van der Waals surface area contributed by atoms with Crippen LogP contribution in [0.2, 0.25) is 0 Å². The molecular weight excluding hydrogens is 194 g/mol. The summed E-state index contributed by atoms with van der Waals surface area (Å²) in [6, 6.07) is 0. The van der Waals surface area contributed by atoms with E-state index in [2.05, 4.69) is 0 Å². The third-order valence-electron chi connectivity index (χ3n) is 2.86. The number of nitrogens with zero attached hydrogens (tertiary/aromatic N) is 2. The first-order valence-electron chi connectivity index (χ1n) is 5.17. The lowest BCUT2D eigenvalue weighted by Gasteiger charge is -2.44. The Balaban J connectivity index is 2.82. The molecule has 0 unspecified atom stereocenters. The Kier molecular flexibility index (Phi) is 3.34. The lowest BCUT2D eigenvalue weighted by Crippen LogP contribution is -2.63. The van der Waals surface area contributed by atoms with Gasteiger partial charge in [-0.25, -0.2) is 0 Å². The average Bonchev–Trinajstić information content (AvgIpc) is 2.14. The van der Waals surface area contributed by atoms with E-state index in [-0.39, 0.29) is 11.8 Å². The average molecular weight is 213 g/mol. The molecule has 1 rings (SSSR count). The van der Waals surface area contributed by atoms with Crippen molar-refractivity contribution < 1.29 is 9.59 Å². The number of hydrogen-bond acceptors (Lipinski definition) is 3. The molecule has 0 bridgehead atoms. The van der Waals surface area contributed by atoms with E-state index in [1.165, 1.54) is 0 Å². The molecule has 0 aromatic heterocycles. The van der Waals surface area contributed by atoms with E-state index < -0.39 is 5.54 Å². The zero-order valence-corrected chi connectivity index (χ0v) is 9.62. The Morgan fingerprint density at radius 3 is 2.60 bits per heavy atom. The van der Waals surface area contributed by atoms with Crippen molar-refractivity contribution in [1.82, 2.24) is 9.80 Å². The van der Waals surface area contributed by atoms with Crippen molar-refractivity contribution in [2.24, 2.45) is 5.73 Å². The molecule has 1 aliphatic rings. The molecule has 1 fully saturated rings. The van der Waals surface area contributed by atoms with E-state index in [9.17, 15) is 9.59 Å². The predicted octanol–water partition coefficient (Wildman–Crippen LogP) is -0.586. The third kappa shape index (κ3) is 2.12. The molecule has 5 heteroatoms. The van der Waals surface area contributed by atoms with Crippen LogP contribution in [0.1, 0.15) is 20.3 Å². The molecule has 86 valence electrons. The van der Waals surface area contributed by atoms with Gasteiger partial charge in [-0.15, -0.1) is 0 Å². The molecule has 2 N–H and O–H groups in total. The number of rotatable bonds is 2. The minimum Gasteiger partial charge on any atom is -0.342 e. The number of likely N-dealkylation sites (N-methyl/N-ethyl adjacent to an activating group) is 1. The smallest absolute Gasteiger partial charge is 0.247 e. The normalized spacial score (nSPS) is 20.7. The Hall–Kier alpha value is -1.10. The number of piperazine rings is 1. The molecule has 0 atom stereocenters. The Labute approximate surface area is 90.2 Å². The van der Waals surface area contributed by atoms with Gasteiger partial charge >= 0.3 is 0 Å². The highest BCUT2D eigenvalue weighted by atomic mass is 16.2. The van der Waals surface area contributed by atoms with E-state index >= 15 is 0 Å². The predicted molar refractivity (Wildman–Crippen MR) is 57.1 cm³/mol. The van der Waals surface area contributed by atoms with E-state index in [1.807, 2.05) is 0 Å². The zero-order chi connectivity index (χ0) is 11.6. The second-order valence-electron chi connectivity index (χ2n) is 4.37. The molecule has 0 saturated carbocycles. The molecular formula is C10H19N3O2. The van der Waals surface area contributed by atoms with Crippen molar-refractivity contribution in [2.75, 3.05) is 26.7 Å². The monoisotopic (exact) mass is 213 g/mol. The van der Waals surface area contributed by atoms with Gasteiger partial charge in [0.2, 0.25) is 11.8 Å². The fourth-order valence-corrected chi connectivity index (χ4v) is 1.91. The SMILES string of the molecule is CN1CCN(C(=O)CCN)C(C)(C)C1=O. The summed E-state index contributed by atoms with van der Waals surface area (Å²) in [5.41, 5.74) is 4.61. The summed E-state index contributed by atoms with van der Waals surface area (Å²) in [5.74, 6) is -0.0527. The third-order valence-corrected chi connectivity index (χ3v) is 2.86. The largest absolute Gasteiger partial charge is 0.342 e. The zero-order valence-electron chi connectivity index (χ0n) is 9.62. The Morgan fingerprint density at radius 1 is 1.47 bits per heavy atom. The highest BCUT2D eigenvalue weighted by Crippen LogP contribution is 2.22. The van der Waals surface area contributed by atoms with Crippen molar-refractivity contribution in [3.05, 3.63) is 0 Å². The molecule has 15 heavy (non-hydrogen) atoms. The maximum absolute atomic E-state index is 11.9. The summed E-state index contributed by atoms with van der Waals surface area (Å²) >= 11 is 0. The molecule has 1 heterocycles. The summed E-state index contributed by atoms with van der Waals surface area (Å²) in [6.45, 7) is 5.07. The molecule has 0 radical (unpaired) electrons. The minimum atomic E-state index is -0.737. The van der Waals surface area contributed by atoms with Crippen LogP contribution in [0, 0.1) is 0 Å². The van der Waals surface area contributed by atoms with E-state index in [0.717, 1.165) is 0 Å². The van der Waals surface area contributed by atoms with Crippen molar-refractivity contribution in [3.63, 3.8) is 0 Å². The van der Waals surface area contributed by atoms with Gasteiger partial charge in [-0.05, 0) is 13.8 Å². The van der Waals surface area contributed by atoms with Crippen LogP contribution in [0.4, 0.5) is 0 Å². The summed E-state index contributed by atoms with van der Waals surface area (Å²) in [7, 11) is 1.76. The maximum Gasteiger partial charge on any atom is 0.247 e. The van der Waals surface area contributed by atoms with E-state index in [1.54, 1.807) is 30.7 Å². The standard InChI is InChI=1S/C10H19N3O2/c1-10(2)9(15)12(3)6-7-13(10)8(14)4-5-11/h4-7,11H2,1-3H3. The van der Waals surface area contributed by atoms with Gasteiger partial charge in [0.15, 0.2) is 0 Å². The van der Waals surface area contributed by atoms with Crippen molar-refractivity contribution in [3.8, 4) is 0 Å². The molecule has 0 aromatic carbocycles. The second-order valence-corrected chi connectivity index (χ2v) is 4.37. The minimum absolute atomic E-state index is 0.0147. The fourth-order valence-electron chi connectivity index (χ4n) is 1.91. The van der Waals surface area contributed by atoms with Crippen LogP contribution in [-0.2, 0) is 9.59 Å². The number of carbonyl (C=O) groups excluding carboxylic acids is 2. The van der Waals surface area contributed by atoms with Crippen LogP contribution in [-0.4, -0.2) is 53.8 Å². The lowest BCUT2D eigenvalue weighted by atomic mass is 9.97. The molecule has 2 amide bonds. The number of hydrogen-bond donors (Lipinski definition) is 1. The van der Waals surface area contributed by atoms with Gasteiger partial charge in [-0.3, -0.25) is 9.59 Å². The summed E-state index contributed by atoms with van der Waals surface area (Å²) in [4.78, 5) is 26.9. The van der Waals surface area contributed by atoms with Crippen LogP contribution in [0.3, 0.4) is 0 Å². The van der Waals surface area contributed by atoms with Gasteiger partial charge in [-0.2, -0.15) is 0 Å². The van der Waals surface area contributed by atoms with Gasteiger partial charge in [0.25, 0.3) is 0 Å². The Morgan fingerprint density at radius 2 is 2.07 bits per heavy atom. The van der Waals surface area contributed by atoms with Crippen LogP contribution in [0.25, 0.3) is 0 Å². The van der Waals surface area contributed by atoms with Gasteiger partial charge in [0.1, 0.15) is 5.54 Å². The highest BCUT2D eigenvalue weighted by molar-refractivity contribution is 5.91. The maximum atomic E-state index is 11.9. The topological polar surface area (TPSA) is 66.6 Å². The van der Waals surface area contributed by atoms with Crippen LogP contribution in [0.5, 0.6) is 0 Å². The molecule has 0 spiro atoms. The molecule has 1 aliphatic heterocycles. The first kappa shape index (κ1) is 12.0. The molecule has 5 nitrogen and oxygen atoms in total. The van der Waals surface area contributed by atoms with Gasteiger partial charge < -0.3 is 15.5 Å².